The lowest BCUT2D eigenvalue weighted by atomic mass is 9.99. The van der Waals surface area contributed by atoms with Crippen molar-refractivity contribution in [2.75, 3.05) is 5.73 Å². The third kappa shape index (κ3) is 1.91. The van der Waals surface area contributed by atoms with E-state index in [4.69, 9.17) is 5.73 Å². The average Bonchev–Trinajstić information content (AvgIpc) is 2.26. The maximum absolute atomic E-state index is 13.5. The fourth-order valence-corrected chi connectivity index (χ4v) is 1.71. The van der Waals surface area contributed by atoms with Crippen molar-refractivity contribution in [3.8, 4) is 11.1 Å². The monoisotopic (exact) mass is 215 g/mol. The number of hydrogen-bond acceptors (Lipinski definition) is 1. The fraction of sp³-hybridized carbons (Fsp3) is 0.143. The molecule has 0 bridgehead atoms. The molecule has 0 atom stereocenters. The first kappa shape index (κ1) is 10.7. The van der Waals surface area contributed by atoms with Crippen LogP contribution in [-0.2, 0) is 0 Å². The molecule has 2 aromatic carbocycles. The van der Waals surface area contributed by atoms with Gasteiger partial charge in [-0.05, 0) is 54.3 Å². The predicted molar refractivity (Wildman–Crippen MR) is 65.7 cm³/mol. The Balaban J connectivity index is 2.58. The molecule has 0 aliphatic heterocycles. The first-order valence-electron chi connectivity index (χ1n) is 5.20. The van der Waals surface area contributed by atoms with Crippen LogP contribution in [0.2, 0.25) is 0 Å². The van der Waals surface area contributed by atoms with Crippen molar-refractivity contribution < 1.29 is 4.39 Å². The number of anilines is 1. The molecule has 0 aliphatic rings. The molecule has 2 N–H and O–H groups in total. The molecule has 0 fully saturated rings. The fourth-order valence-electron chi connectivity index (χ4n) is 1.71. The van der Waals surface area contributed by atoms with Crippen molar-refractivity contribution in [3.63, 3.8) is 0 Å². The Hall–Kier alpha value is -1.83. The Labute approximate surface area is 94.7 Å². The SMILES string of the molecule is Cc1ccc(-c2cc(N)ccc2C)cc1F. The van der Waals surface area contributed by atoms with Gasteiger partial charge in [-0.2, -0.15) is 0 Å². The highest BCUT2D eigenvalue weighted by atomic mass is 19.1. The van der Waals surface area contributed by atoms with Crippen LogP contribution in [0.4, 0.5) is 10.1 Å². The molecule has 0 radical (unpaired) electrons. The lowest BCUT2D eigenvalue weighted by Gasteiger charge is -2.08. The van der Waals surface area contributed by atoms with Crippen LogP contribution < -0.4 is 5.73 Å². The summed E-state index contributed by atoms with van der Waals surface area (Å²) >= 11 is 0. The molecule has 2 rings (SSSR count). The molecule has 0 amide bonds. The first-order chi connectivity index (χ1) is 7.58. The van der Waals surface area contributed by atoms with Crippen molar-refractivity contribution in [1.82, 2.24) is 0 Å². The zero-order valence-electron chi connectivity index (χ0n) is 9.42. The summed E-state index contributed by atoms with van der Waals surface area (Å²) in [5, 5.41) is 0. The number of aryl methyl sites for hydroxylation is 2. The van der Waals surface area contributed by atoms with E-state index < -0.39 is 0 Å². The van der Waals surface area contributed by atoms with E-state index in [1.165, 1.54) is 0 Å². The maximum atomic E-state index is 13.5. The lowest BCUT2D eigenvalue weighted by molar-refractivity contribution is 0.619. The van der Waals surface area contributed by atoms with Crippen LogP contribution in [0.1, 0.15) is 11.1 Å². The number of nitrogen functional groups attached to an aromatic ring is 1. The molecule has 82 valence electrons. The molecule has 0 unspecified atom stereocenters. The highest BCUT2D eigenvalue weighted by molar-refractivity contribution is 5.71. The standard InChI is InChI=1S/C14H14FN/c1-9-4-6-12(16)8-13(9)11-5-3-10(2)14(15)7-11/h3-8H,16H2,1-2H3. The Kier molecular flexibility index (Phi) is 2.65. The van der Waals surface area contributed by atoms with Crippen LogP contribution in [0.15, 0.2) is 36.4 Å². The third-order valence-electron chi connectivity index (χ3n) is 2.74. The first-order valence-corrected chi connectivity index (χ1v) is 5.20. The Morgan fingerprint density at radius 1 is 0.938 bits per heavy atom. The molecule has 0 spiro atoms. The molecule has 2 aromatic rings. The van der Waals surface area contributed by atoms with Crippen molar-refractivity contribution in [2.45, 2.75) is 13.8 Å². The van der Waals surface area contributed by atoms with E-state index in [-0.39, 0.29) is 5.82 Å². The van der Waals surface area contributed by atoms with Gasteiger partial charge in [-0.1, -0.05) is 18.2 Å². The number of benzene rings is 2. The van der Waals surface area contributed by atoms with Crippen molar-refractivity contribution in [2.24, 2.45) is 0 Å². The normalized spacial score (nSPS) is 10.4. The quantitative estimate of drug-likeness (QED) is 0.721. The van der Waals surface area contributed by atoms with Gasteiger partial charge in [0.05, 0.1) is 0 Å². The molecular formula is C14H14FN. The Morgan fingerprint density at radius 2 is 1.62 bits per heavy atom. The maximum Gasteiger partial charge on any atom is 0.126 e. The van der Waals surface area contributed by atoms with Gasteiger partial charge in [0.15, 0.2) is 0 Å². The van der Waals surface area contributed by atoms with Crippen LogP contribution in [-0.4, -0.2) is 0 Å². The van der Waals surface area contributed by atoms with E-state index in [0.717, 1.165) is 16.7 Å². The van der Waals surface area contributed by atoms with Crippen LogP contribution in [0, 0.1) is 19.7 Å². The van der Waals surface area contributed by atoms with E-state index in [9.17, 15) is 4.39 Å². The summed E-state index contributed by atoms with van der Waals surface area (Å²) in [6, 6.07) is 10.9. The molecule has 16 heavy (non-hydrogen) atoms. The molecule has 0 saturated heterocycles. The predicted octanol–water partition coefficient (Wildman–Crippen LogP) is 3.69. The van der Waals surface area contributed by atoms with Gasteiger partial charge >= 0.3 is 0 Å². The Morgan fingerprint density at radius 3 is 2.31 bits per heavy atom. The zero-order chi connectivity index (χ0) is 11.7. The molecule has 0 aromatic heterocycles. The summed E-state index contributed by atoms with van der Waals surface area (Å²) in [6.45, 7) is 3.75. The van der Waals surface area contributed by atoms with Gasteiger partial charge in [0.1, 0.15) is 5.82 Å². The van der Waals surface area contributed by atoms with Crippen LogP contribution in [0.5, 0.6) is 0 Å². The summed E-state index contributed by atoms with van der Waals surface area (Å²) in [4.78, 5) is 0. The Bertz CT molecular complexity index is 532. The van der Waals surface area contributed by atoms with Crippen molar-refractivity contribution in [3.05, 3.63) is 53.3 Å². The lowest BCUT2D eigenvalue weighted by Crippen LogP contribution is -1.90. The van der Waals surface area contributed by atoms with Gasteiger partial charge < -0.3 is 5.73 Å². The summed E-state index contributed by atoms with van der Waals surface area (Å²) in [6.07, 6.45) is 0. The van der Waals surface area contributed by atoms with Crippen LogP contribution in [0.25, 0.3) is 11.1 Å². The minimum atomic E-state index is -0.181. The second kappa shape index (κ2) is 3.97. The molecule has 0 heterocycles. The highest BCUT2D eigenvalue weighted by Crippen LogP contribution is 2.26. The van der Waals surface area contributed by atoms with Crippen LogP contribution >= 0.6 is 0 Å². The smallest absolute Gasteiger partial charge is 0.126 e. The van der Waals surface area contributed by atoms with E-state index in [1.54, 1.807) is 19.1 Å². The molecule has 0 saturated carbocycles. The summed E-state index contributed by atoms with van der Waals surface area (Å²) < 4.78 is 13.5. The molecule has 2 heteroatoms. The van der Waals surface area contributed by atoms with E-state index in [0.29, 0.717) is 11.3 Å². The topological polar surface area (TPSA) is 26.0 Å². The van der Waals surface area contributed by atoms with Gasteiger partial charge in [-0.25, -0.2) is 4.39 Å². The number of hydrogen-bond donors (Lipinski definition) is 1. The van der Waals surface area contributed by atoms with Crippen molar-refractivity contribution >= 4 is 5.69 Å². The van der Waals surface area contributed by atoms with E-state index >= 15 is 0 Å². The largest absolute Gasteiger partial charge is 0.399 e. The summed E-state index contributed by atoms with van der Waals surface area (Å²) in [5.41, 5.74) is 10.0. The number of halogens is 1. The number of nitrogens with two attached hydrogens (primary N) is 1. The number of rotatable bonds is 1. The van der Waals surface area contributed by atoms with Crippen molar-refractivity contribution in [1.29, 1.82) is 0 Å². The van der Waals surface area contributed by atoms with E-state index in [2.05, 4.69) is 0 Å². The minimum absolute atomic E-state index is 0.181. The van der Waals surface area contributed by atoms with Crippen LogP contribution in [0.3, 0.4) is 0 Å². The minimum Gasteiger partial charge on any atom is -0.399 e. The molecular weight excluding hydrogens is 201 g/mol. The van der Waals surface area contributed by atoms with Gasteiger partial charge in [0, 0.05) is 5.69 Å². The second-order valence-electron chi connectivity index (χ2n) is 4.04. The van der Waals surface area contributed by atoms with Gasteiger partial charge in [-0.15, -0.1) is 0 Å². The molecule has 1 nitrogen and oxygen atoms in total. The average molecular weight is 215 g/mol. The summed E-state index contributed by atoms with van der Waals surface area (Å²) in [7, 11) is 0. The van der Waals surface area contributed by atoms with E-state index in [1.807, 2.05) is 31.2 Å². The third-order valence-corrected chi connectivity index (χ3v) is 2.74. The second-order valence-corrected chi connectivity index (χ2v) is 4.04. The van der Waals surface area contributed by atoms with Gasteiger partial charge in [-0.3, -0.25) is 0 Å². The molecule has 0 aliphatic carbocycles. The highest BCUT2D eigenvalue weighted by Gasteiger charge is 2.05. The van der Waals surface area contributed by atoms with Gasteiger partial charge in [0.25, 0.3) is 0 Å². The zero-order valence-corrected chi connectivity index (χ0v) is 9.42. The summed E-state index contributed by atoms with van der Waals surface area (Å²) in [5.74, 6) is -0.181. The van der Waals surface area contributed by atoms with Gasteiger partial charge in [0.2, 0.25) is 0 Å².